The summed E-state index contributed by atoms with van der Waals surface area (Å²) in [5.74, 6) is 0.622. The van der Waals surface area contributed by atoms with Crippen molar-refractivity contribution in [1.29, 1.82) is 0 Å². The Balaban J connectivity index is 1.91. The summed E-state index contributed by atoms with van der Waals surface area (Å²) < 4.78 is 30.2. The number of carbonyl (C=O) groups excluding carboxylic acids is 1. The fraction of sp³-hybridized carbons (Fsp3) is 0.190. The van der Waals surface area contributed by atoms with Gasteiger partial charge in [0.05, 0.1) is 6.26 Å². The van der Waals surface area contributed by atoms with E-state index in [0.29, 0.717) is 18.8 Å². The number of likely N-dealkylation sites (N-methyl/N-ethyl adjacent to an activating group) is 1. The van der Waals surface area contributed by atoms with E-state index in [4.69, 9.17) is 4.74 Å². The molecule has 2 aromatic rings. The number of carbonyl (C=O) groups is 1. The third-order valence-electron chi connectivity index (χ3n) is 3.72. The molecule has 0 unspecified atom stereocenters. The first-order valence-electron chi connectivity index (χ1n) is 8.60. The van der Waals surface area contributed by atoms with Crippen LogP contribution in [0.25, 0.3) is 6.08 Å². The minimum absolute atomic E-state index is 0.134. The van der Waals surface area contributed by atoms with E-state index in [9.17, 15) is 13.2 Å². The van der Waals surface area contributed by atoms with Gasteiger partial charge in [0, 0.05) is 25.4 Å². The Labute approximate surface area is 166 Å². The predicted octanol–water partition coefficient (Wildman–Crippen LogP) is 3.29. The Morgan fingerprint density at radius 1 is 1.14 bits per heavy atom. The van der Waals surface area contributed by atoms with E-state index in [2.05, 4.69) is 11.3 Å². The summed E-state index contributed by atoms with van der Waals surface area (Å²) in [6, 6.07) is 14.3. The van der Waals surface area contributed by atoms with Crippen LogP contribution in [0, 0.1) is 0 Å². The van der Waals surface area contributed by atoms with Gasteiger partial charge in [-0.15, -0.1) is 0 Å². The van der Waals surface area contributed by atoms with Crippen molar-refractivity contribution in [2.24, 2.45) is 0 Å². The maximum atomic E-state index is 12.3. The topological polar surface area (TPSA) is 75.7 Å². The smallest absolute Gasteiger partial charge is 0.246 e. The first-order valence-corrected chi connectivity index (χ1v) is 10.5. The van der Waals surface area contributed by atoms with Gasteiger partial charge in [0.15, 0.2) is 0 Å². The minimum atomic E-state index is -3.31. The third kappa shape index (κ3) is 7.28. The summed E-state index contributed by atoms with van der Waals surface area (Å²) in [5, 5.41) is 0. The quantitative estimate of drug-likeness (QED) is 0.518. The van der Waals surface area contributed by atoms with Gasteiger partial charge in [-0.1, -0.05) is 36.9 Å². The molecule has 1 N–H and O–H groups in total. The van der Waals surface area contributed by atoms with Crippen LogP contribution >= 0.6 is 0 Å². The highest BCUT2D eigenvalue weighted by Gasteiger charge is 2.06. The number of benzene rings is 2. The lowest BCUT2D eigenvalue weighted by Crippen LogP contribution is -2.24. The lowest BCUT2D eigenvalue weighted by atomic mass is 10.2. The maximum Gasteiger partial charge on any atom is 0.246 e. The standard InChI is InChI=1S/C21H24N2O4S/c1-4-15-27-20-12-7-18(8-13-20)16-23(2)21(24)14-9-17-5-10-19(11-6-17)22-28(3,25)26/h4-14,22H,1,15-16H2,2-3H3/b14-9+. The molecule has 0 atom stereocenters. The first-order chi connectivity index (χ1) is 13.3. The van der Waals surface area contributed by atoms with Gasteiger partial charge in [-0.25, -0.2) is 8.42 Å². The first kappa shape index (κ1) is 21.2. The fourth-order valence-corrected chi connectivity index (χ4v) is 2.93. The Morgan fingerprint density at radius 2 is 1.79 bits per heavy atom. The number of rotatable bonds is 9. The van der Waals surface area contributed by atoms with E-state index in [-0.39, 0.29) is 5.91 Å². The molecule has 0 aliphatic heterocycles. The average molecular weight is 401 g/mol. The van der Waals surface area contributed by atoms with E-state index in [0.717, 1.165) is 23.1 Å². The van der Waals surface area contributed by atoms with Crippen molar-refractivity contribution in [2.45, 2.75) is 6.54 Å². The normalized spacial score (nSPS) is 11.2. The average Bonchev–Trinajstić information content (AvgIpc) is 2.65. The molecule has 28 heavy (non-hydrogen) atoms. The minimum Gasteiger partial charge on any atom is -0.490 e. The highest BCUT2D eigenvalue weighted by Crippen LogP contribution is 2.14. The van der Waals surface area contributed by atoms with Crippen LogP contribution in [-0.2, 0) is 21.4 Å². The summed E-state index contributed by atoms with van der Waals surface area (Å²) in [6.45, 7) is 4.53. The molecule has 0 aliphatic carbocycles. The maximum absolute atomic E-state index is 12.3. The van der Waals surface area contributed by atoms with Crippen molar-refractivity contribution in [3.63, 3.8) is 0 Å². The Kier molecular flexibility index (Phi) is 7.40. The van der Waals surface area contributed by atoms with Crippen LogP contribution in [0.2, 0.25) is 0 Å². The molecule has 0 aliphatic rings. The highest BCUT2D eigenvalue weighted by molar-refractivity contribution is 7.92. The zero-order valence-corrected chi connectivity index (χ0v) is 16.8. The van der Waals surface area contributed by atoms with Crippen molar-refractivity contribution in [3.05, 3.63) is 78.4 Å². The van der Waals surface area contributed by atoms with Crippen molar-refractivity contribution in [2.75, 3.05) is 24.6 Å². The second-order valence-corrected chi connectivity index (χ2v) is 8.02. The van der Waals surface area contributed by atoms with E-state index in [1.165, 1.54) is 6.08 Å². The van der Waals surface area contributed by atoms with Crippen LogP contribution in [-0.4, -0.2) is 39.1 Å². The van der Waals surface area contributed by atoms with E-state index < -0.39 is 10.0 Å². The number of amides is 1. The van der Waals surface area contributed by atoms with Crippen LogP contribution in [0.1, 0.15) is 11.1 Å². The lowest BCUT2D eigenvalue weighted by Gasteiger charge is -2.15. The van der Waals surface area contributed by atoms with Crippen molar-refractivity contribution in [1.82, 2.24) is 4.90 Å². The van der Waals surface area contributed by atoms with Gasteiger partial charge in [-0.2, -0.15) is 0 Å². The van der Waals surface area contributed by atoms with Crippen LogP contribution in [0.4, 0.5) is 5.69 Å². The van der Waals surface area contributed by atoms with Crippen molar-refractivity contribution in [3.8, 4) is 5.75 Å². The molecule has 2 rings (SSSR count). The Morgan fingerprint density at radius 3 is 2.36 bits per heavy atom. The molecular weight excluding hydrogens is 376 g/mol. The molecule has 0 heterocycles. The zero-order chi connectivity index (χ0) is 20.6. The summed E-state index contributed by atoms with van der Waals surface area (Å²) in [4.78, 5) is 13.9. The molecule has 1 amide bonds. The second-order valence-electron chi connectivity index (χ2n) is 6.27. The zero-order valence-electron chi connectivity index (χ0n) is 16.0. The Hall–Kier alpha value is -3.06. The molecule has 0 radical (unpaired) electrons. The van der Waals surface area contributed by atoms with Crippen LogP contribution < -0.4 is 9.46 Å². The van der Waals surface area contributed by atoms with Gasteiger partial charge < -0.3 is 9.64 Å². The highest BCUT2D eigenvalue weighted by atomic mass is 32.2. The lowest BCUT2D eigenvalue weighted by molar-refractivity contribution is -0.125. The summed E-state index contributed by atoms with van der Waals surface area (Å²) in [7, 11) is -1.58. The van der Waals surface area contributed by atoms with Crippen molar-refractivity contribution < 1.29 is 17.9 Å². The van der Waals surface area contributed by atoms with Gasteiger partial charge in [0.1, 0.15) is 12.4 Å². The van der Waals surface area contributed by atoms with Crippen LogP contribution in [0.15, 0.2) is 67.3 Å². The van der Waals surface area contributed by atoms with Gasteiger partial charge in [0.25, 0.3) is 0 Å². The number of nitrogens with zero attached hydrogens (tertiary/aromatic N) is 1. The van der Waals surface area contributed by atoms with E-state index in [1.807, 2.05) is 24.3 Å². The van der Waals surface area contributed by atoms with Crippen LogP contribution in [0.3, 0.4) is 0 Å². The number of hydrogen-bond acceptors (Lipinski definition) is 4. The van der Waals surface area contributed by atoms with Gasteiger partial charge in [-0.3, -0.25) is 9.52 Å². The number of anilines is 1. The Bertz CT molecular complexity index is 933. The van der Waals surface area contributed by atoms with E-state index >= 15 is 0 Å². The molecule has 0 saturated carbocycles. The summed E-state index contributed by atoms with van der Waals surface area (Å²) in [6.07, 6.45) is 5.95. The molecule has 6 nitrogen and oxygen atoms in total. The molecule has 0 bridgehead atoms. The number of hydrogen-bond donors (Lipinski definition) is 1. The molecule has 2 aromatic carbocycles. The predicted molar refractivity (Wildman–Crippen MR) is 113 cm³/mol. The molecule has 0 saturated heterocycles. The molecule has 148 valence electrons. The number of ether oxygens (including phenoxy) is 1. The summed E-state index contributed by atoms with van der Waals surface area (Å²) in [5.41, 5.74) is 2.26. The second kappa shape index (κ2) is 9.75. The number of sulfonamides is 1. The van der Waals surface area contributed by atoms with Crippen molar-refractivity contribution >= 4 is 27.7 Å². The fourth-order valence-electron chi connectivity index (χ4n) is 2.37. The van der Waals surface area contributed by atoms with Gasteiger partial charge >= 0.3 is 0 Å². The summed E-state index contributed by atoms with van der Waals surface area (Å²) >= 11 is 0. The monoisotopic (exact) mass is 400 g/mol. The molecule has 0 aromatic heterocycles. The number of nitrogens with one attached hydrogen (secondary N) is 1. The van der Waals surface area contributed by atoms with E-state index in [1.54, 1.807) is 48.4 Å². The largest absolute Gasteiger partial charge is 0.490 e. The van der Waals surface area contributed by atoms with Gasteiger partial charge in [-0.05, 0) is 41.5 Å². The SMILES string of the molecule is C=CCOc1ccc(CN(C)C(=O)/C=C/c2ccc(NS(C)(=O)=O)cc2)cc1. The van der Waals surface area contributed by atoms with Crippen LogP contribution in [0.5, 0.6) is 5.75 Å². The molecule has 0 spiro atoms. The third-order valence-corrected chi connectivity index (χ3v) is 4.33. The molecule has 7 heteroatoms. The molecule has 0 fully saturated rings. The molecular formula is C21H24N2O4S. The van der Waals surface area contributed by atoms with Gasteiger partial charge in [0.2, 0.25) is 15.9 Å².